The third-order valence-electron chi connectivity index (χ3n) is 2.10. The van der Waals surface area contributed by atoms with Crippen molar-refractivity contribution in [2.75, 3.05) is 7.05 Å². The summed E-state index contributed by atoms with van der Waals surface area (Å²) in [5.74, 6) is -0.206. The second kappa shape index (κ2) is 5.75. The smallest absolute Gasteiger partial charge is 0.246 e. The van der Waals surface area contributed by atoms with E-state index < -0.39 is 0 Å². The summed E-state index contributed by atoms with van der Waals surface area (Å²) in [5, 5.41) is 17.5. The summed E-state index contributed by atoms with van der Waals surface area (Å²) < 4.78 is 0. The summed E-state index contributed by atoms with van der Waals surface area (Å²) in [6.07, 6.45) is 0. The Balaban J connectivity index is 2.70. The zero-order valence-electron chi connectivity index (χ0n) is 10.1. The van der Waals surface area contributed by atoms with Crippen molar-refractivity contribution >= 4 is 11.6 Å². The van der Waals surface area contributed by atoms with Crippen LogP contribution in [0.4, 0.5) is 5.69 Å². The van der Waals surface area contributed by atoms with Gasteiger partial charge in [-0.2, -0.15) is 5.26 Å². The second-order valence-electron chi connectivity index (χ2n) is 3.86. The Labute approximate surface area is 100 Å². The zero-order chi connectivity index (χ0) is 12.8. The van der Waals surface area contributed by atoms with Gasteiger partial charge in [0.05, 0.1) is 17.3 Å². The monoisotopic (exact) mass is 230 g/mol. The van der Waals surface area contributed by atoms with Gasteiger partial charge >= 0.3 is 0 Å². The Kier molecular flexibility index (Phi) is 4.35. The summed E-state index contributed by atoms with van der Waals surface area (Å²) in [7, 11) is 1.56. The number of nitriles is 1. The summed E-state index contributed by atoms with van der Waals surface area (Å²) in [5.41, 5.74) is 1.17. The maximum absolute atomic E-state index is 11.5. The van der Waals surface area contributed by atoms with Crippen LogP contribution in [-0.2, 0) is 4.79 Å². The average molecular weight is 230 g/mol. The van der Waals surface area contributed by atoms with Crippen LogP contribution in [0.25, 0.3) is 0 Å². The van der Waals surface area contributed by atoms with E-state index in [1.54, 1.807) is 45.2 Å². The number of benzene rings is 1. The molecule has 0 saturated carbocycles. The van der Waals surface area contributed by atoms with Crippen LogP contribution < -0.4 is 0 Å². The molecule has 0 aliphatic heterocycles. The molecule has 0 aliphatic carbocycles. The predicted molar refractivity (Wildman–Crippen MR) is 63.3 cm³/mol. The normalized spacial score (nSPS) is 10.5. The van der Waals surface area contributed by atoms with Crippen LogP contribution in [0.15, 0.2) is 34.6 Å². The van der Waals surface area contributed by atoms with E-state index in [4.69, 9.17) is 5.26 Å². The third kappa shape index (κ3) is 3.68. The lowest BCUT2D eigenvalue weighted by Gasteiger charge is -2.11. The highest BCUT2D eigenvalue weighted by atomic mass is 16.2. The summed E-state index contributed by atoms with van der Waals surface area (Å²) in [4.78, 5) is 11.5. The minimum Gasteiger partial charge on any atom is -0.273 e. The topological polar surface area (TPSA) is 68.8 Å². The van der Waals surface area contributed by atoms with Crippen molar-refractivity contribution in [1.82, 2.24) is 5.01 Å². The maximum Gasteiger partial charge on any atom is 0.246 e. The van der Waals surface area contributed by atoms with Crippen LogP contribution in [0.1, 0.15) is 19.4 Å². The lowest BCUT2D eigenvalue weighted by Crippen LogP contribution is -2.25. The average Bonchev–Trinajstić information content (AvgIpc) is 2.35. The SMILES string of the molecule is CC(C)C(=O)N(C)N=Nc1ccc(C#N)cc1. The van der Waals surface area contributed by atoms with Gasteiger partial charge in [0.25, 0.3) is 0 Å². The van der Waals surface area contributed by atoms with Crippen molar-refractivity contribution in [2.45, 2.75) is 13.8 Å². The van der Waals surface area contributed by atoms with E-state index >= 15 is 0 Å². The number of carbonyl (C=O) groups excluding carboxylic acids is 1. The fraction of sp³-hybridized carbons (Fsp3) is 0.333. The van der Waals surface area contributed by atoms with Crippen LogP contribution in [0, 0.1) is 17.2 Å². The fourth-order valence-electron chi connectivity index (χ4n) is 1.14. The summed E-state index contributed by atoms with van der Waals surface area (Å²) in [6.45, 7) is 3.60. The molecule has 1 rings (SSSR count). The number of rotatable bonds is 3. The highest BCUT2D eigenvalue weighted by molar-refractivity contribution is 5.77. The first-order chi connectivity index (χ1) is 8.04. The van der Waals surface area contributed by atoms with Crippen molar-refractivity contribution in [3.63, 3.8) is 0 Å². The molecule has 1 aromatic carbocycles. The molecule has 88 valence electrons. The van der Waals surface area contributed by atoms with Gasteiger partial charge < -0.3 is 0 Å². The van der Waals surface area contributed by atoms with E-state index in [-0.39, 0.29) is 11.8 Å². The molecule has 0 radical (unpaired) electrons. The first-order valence-electron chi connectivity index (χ1n) is 5.24. The summed E-state index contributed by atoms with van der Waals surface area (Å²) >= 11 is 0. The van der Waals surface area contributed by atoms with E-state index in [9.17, 15) is 4.79 Å². The largest absolute Gasteiger partial charge is 0.273 e. The minimum absolute atomic E-state index is 0.0950. The lowest BCUT2D eigenvalue weighted by atomic mass is 10.2. The van der Waals surface area contributed by atoms with E-state index in [1.165, 1.54) is 5.01 Å². The van der Waals surface area contributed by atoms with Crippen LogP contribution in [-0.4, -0.2) is 18.0 Å². The van der Waals surface area contributed by atoms with Crippen LogP contribution in [0.3, 0.4) is 0 Å². The van der Waals surface area contributed by atoms with Crippen molar-refractivity contribution < 1.29 is 4.79 Å². The van der Waals surface area contributed by atoms with E-state index in [1.807, 2.05) is 6.07 Å². The highest BCUT2D eigenvalue weighted by Gasteiger charge is 2.11. The van der Waals surface area contributed by atoms with Gasteiger partial charge in [-0.25, -0.2) is 5.01 Å². The van der Waals surface area contributed by atoms with Gasteiger partial charge in [-0.05, 0) is 24.3 Å². The number of nitrogens with zero attached hydrogens (tertiary/aromatic N) is 4. The molecule has 1 aromatic rings. The molecule has 17 heavy (non-hydrogen) atoms. The molecule has 0 saturated heterocycles. The van der Waals surface area contributed by atoms with Crippen molar-refractivity contribution in [3.05, 3.63) is 29.8 Å². The van der Waals surface area contributed by atoms with E-state index in [0.717, 1.165) is 0 Å². The van der Waals surface area contributed by atoms with E-state index in [2.05, 4.69) is 10.3 Å². The quantitative estimate of drug-likeness (QED) is 0.591. The van der Waals surface area contributed by atoms with Gasteiger partial charge in [-0.1, -0.05) is 19.1 Å². The fourth-order valence-corrected chi connectivity index (χ4v) is 1.14. The molecule has 0 atom stereocenters. The molecular weight excluding hydrogens is 216 g/mol. The highest BCUT2D eigenvalue weighted by Crippen LogP contribution is 2.13. The van der Waals surface area contributed by atoms with Gasteiger partial charge in [-0.3, -0.25) is 4.79 Å². The van der Waals surface area contributed by atoms with Gasteiger partial charge in [0.2, 0.25) is 5.91 Å². The Bertz CT molecular complexity index is 456. The minimum atomic E-state index is -0.111. The molecule has 0 aromatic heterocycles. The van der Waals surface area contributed by atoms with Crippen molar-refractivity contribution in [1.29, 1.82) is 5.26 Å². The van der Waals surface area contributed by atoms with Gasteiger partial charge in [0, 0.05) is 13.0 Å². The number of amides is 1. The van der Waals surface area contributed by atoms with Gasteiger partial charge in [-0.15, -0.1) is 5.11 Å². The molecule has 0 aliphatic rings. The first-order valence-corrected chi connectivity index (χ1v) is 5.24. The lowest BCUT2D eigenvalue weighted by molar-refractivity contribution is -0.133. The van der Waals surface area contributed by atoms with Crippen LogP contribution >= 0.6 is 0 Å². The Morgan fingerprint density at radius 1 is 1.35 bits per heavy atom. The molecule has 0 bridgehead atoms. The molecule has 0 N–H and O–H groups in total. The Morgan fingerprint density at radius 3 is 2.41 bits per heavy atom. The molecule has 0 spiro atoms. The maximum atomic E-state index is 11.5. The van der Waals surface area contributed by atoms with Gasteiger partial charge in [0.1, 0.15) is 0 Å². The molecule has 0 unspecified atom stereocenters. The molecule has 5 heteroatoms. The standard InChI is InChI=1S/C12H14N4O/c1-9(2)12(17)16(3)15-14-11-6-4-10(8-13)5-7-11/h4-7,9H,1-3H3. The zero-order valence-corrected chi connectivity index (χ0v) is 10.1. The van der Waals surface area contributed by atoms with Crippen LogP contribution in [0.5, 0.6) is 0 Å². The van der Waals surface area contributed by atoms with E-state index in [0.29, 0.717) is 11.3 Å². The number of carbonyl (C=O) groups is 1. The number of hydrogen-bond donors (Lipinski definition) is 0. The number of hydrogen-bond acceptors (Lipinski definition) is 4. The second-order valence-corrected chi connectivity index (χ2v) is 3.86. The predicted octanol–water partition coefficient (Wildman–Crippen LogP) is 2.67. The Morgan fingerprint density at radius 2 is 1.94 bits per heavy atom. The Hall–Kier alpha value is -2.22. The summed E-state index contributed by atoms with van der Waals surface area (Å²) in [6, 6.07) is 8.67. The molecular formula is C12H14N4O. The molecule has 5 nitrogen and oxygen atoms in total. The molecule has 1 amide bonds. The van der Waals surface area contributed by atoms with Gasteiger partial charge in [0.15, 0.2) is 0 Å². The van der Waals surface area contributed by atoms with Crippen molar-refractivity contribution in [3.8, 4) is 6.07 Å². The van der Waals surface area contributed by atoms with Crippen molar-refractivity contribution in [2.24, 2.45) is 16.3 Å². The first kappa shape index (κ1) is 12.8. The van der Waals surface area contributed by atoms with Crippen LogP contribution in [0.2, 0.25) is 0 Å². The molecule has 0 fully saturated rings. The molecule has 0 heterocycles. The third-order valence-corrected chi connectivity index (χ3v) is 2.10.